The van der Waals surface area contributed by atoms with Gasteiger partial charge in [0, 0.05) is 61.8 Å². The molecule has 7 nitrogen and oxygen atoms in total. The summed E-state index contributed by atoms with van der Waals surface area (Å²) < 4.78 is 14.0. The average Bonchev–Trinajstić information content (AvgIpc) is 3.31. The minimum Gasteiger partial charge on any atom is -0.478 e. The largest absolute Gasteiger partial charge is 0.478 e. The predicted octanol–water partition coefficient (Wildman–Crippen LogP) is 5.30. The first-order valence-electron chi connectivity index (χ1n) is 13.0. The third kappa shape index (κ3) is 4.97. The van der Waals surface area contributed by atoms with Gasteiger partial charge in [0.15, 0.2) is 0 Å². The molecule has 2 aliphatic rings. The number of anilines is 3. The molecule has 2 saturated heterocycles. The summed E-state index contributed by atoms with van der Waals surface area (Å²) in [6.07, 6.45) is 3.74. The standard InChI is InChI=1S/C29H34FN5O2/c1-18-12-22(7-8-25(18)30)26-14-24(15-27(32-26)35-9-5-6-20(35)3)34-11-10-33(17-21(34)4)28-19(2)13-23(16-31-28)29(36)37/h7-8,12-16,20-21H,5-6,9-11,17H2,1-4H3,(H,36,37). The van der Waals surface area contributed by atoms with Gasteiger partial charge in [0.2, 0.25) is 0 Å². The third-order valence-electron chi connectivity index (χ3n) is 7.65. The Bertz CT molecular complexity index is 1330. The first-order valence-corrected chi connectivity index (χ1v) is 13.0. The zero-order valence-corrected chi connectivity index (χ0v) is 21.9. The first kappa shape index (κ1) is 25.0. The predicted molar refractivity (Wildman–Crippen MR) is 145 cm³/mol. The number of hydrogen-bond acceptors (Lipinski definition) is 6. The van der Waals surface area contributed by atoms with Gasteiger partial charge in [-0.2, -0.15) is 0 Å². The summed E-state index contributed by atoms with van der Waals surface area (Å²) in [6, 6.07) is 11.8. The lowest BCUT2D eigenvalue weighted by Gasteiger charge is -2.42. The Hall–Kier alpha value is -3.68. The van der Waals surface area contributed by atoms with Crippen LogP contribution in [-0.4, -0.2) is 59.3 Å². The molecule has 0 saturated carbocycles. The Morgan fingerprint density at radius 2 is 1.81 bits per heavy atom. The summed E-state index contributed by atoms with van der Waals surface area (Å²) in [7, 11) is 0. The van der Waals surface area contributed by atoms with Crippen molar-refractivity contribution in [2.24, 2.45) is 0 Å². The minimum atomic E-state index is -0.965. The van der Waals surface area contributed by atoms with Crippen molar-refractivity contribution in [2.75, 3.05) is 40.9 Å². The highest BCUT2D eigenvalue weighted by atomic mass is 19.1. The van der Waals surface area contributed by atoms with E-state index in [1.54, 1.807) is 13.0 Å². The molecule has 0 amide bonds. The molecule has 8 heteroatoms. The van der Waals surface area contributed by atoms with Gasteiger partial charge in [0.25, 0.3) is 0 Å². The second kappa shape index (κ2) is 10.00. The molecule has 2 aliphatic heterocycles. The number of benzene rings is 1. The van der Waals surface area contributed by atoms with E-state index in [4.69, 9.17) is 4.98 Å². The van der Waals surface area contributed by atoms with Crippen LogP contribution in [0.2, 0.25) is 0 Å². The van der Waals surface area contributed by atoms with E-state index in [-0.39, 0.29) is 17.4 Å². The van der Waals surface area contributed by atoms with Crippen LogP contribution in [0.15, 0.2) is 42.6 Å². The Kier molecular flexibility index (Phi) is 6.75. The van der Waals surface area contributed by atoms with Crippen LogP contribution in [0, 0.1) is 19.7 Å². The highest BCUT2D eigenvalue weighted by Crippen LogP contribution is 2.34. The summed E-state index contributed by atoms with van der Waals surface area (Å²) in [4.78, 5) is 27.8. The molecule has 0 spiro atoms. The molecular weight excluding hydrogens is 469 g/mol. The number of carbonyl (C=O) groups is 1. The van der Waals surface area contributed by atoms with Crippen LogP contribution in [0.5, 0.6) is 0 Å². The topological polar surface area (TPSA) is 72.8 Å². The van der Waals surface area contributed by atoms with Crippen LogP contribution in [0.4, 0.5) is 21.7 Å². The van der Waals surface area contributed by atoms with Crippen LogP contribution in [-0.2, 0) is 0 Å². The maximum atomic E-state index is 14.0. The van der Waals surface area contributed by atoms with Crippen molar-refractivity contribution in [3.8, 4) is 11.3 Å². The van der Waals surface area contributed by atoms with Crippen molar-refractivity contribution in [2.45, 2.75) is 52.6 Å². The first-order chi connectivity index (χ1) is 17.7. The number of rotatable bonds is 5. The lowest BCUT2D eigenvalue weighted by molar-refractivity contribution is 0.0696. The van der Waals surface area contributed by atoms with Crippen molar-refractivity contribution in [3.63, 3.8) is 0 Å². The Morgan fingerprint density at radius 1 is 1.00 bits per heavy atom. The fourth-order valence-corrected chi connectivity index (χ4v) is 5.59. The Balaban J connectivity index is 1.46. The van der Waals surface area contributed by atoms with Crippen molar-refractivity contribution in [1.82, 2.24) is 9.97 Å². The zero-order valence-electron chi connectivity index (χ0n) is 21.9. The smallest absolute Gasteiger partial charge is 0.337 e. The Labute approximate surface area is 217 Å². The molecule has 2 unspecified atom stereocenters. The quantitative estimate of drug-likeness (QED) is 0.506. The van der Waals surface area contributed by atoms with E-state index in [1.807, 2.05) is 19.1 Å². The van der Waals surface area contributed by atoms with E-state index < -0.39 is 5.97 Å². The van der Waals surface area contributed by atoms with Gasteiger partial charge in [-0.25, -0.2) is 19.2 Å². The number of halogens is 1. The number of pyridine rings is 2. The van der Waals surface area contributed by atoms with E-state index in [0.717, 1.165) is 73.2 Å². The monoisotopic (exact) mass is 503 g/mol. The van der Waals surface area contributed by atoms with E-state index in [2.05, 4.69) is 45.7 Å². The normalized spacial score (nSPS) is 20.0. The summed E-state index contributed by atoms with van der Waals surface area (Å²) in [6.45, 7) is 11.5. The molecule has 0 aliphatic carbocycles. The second-order valence-electron chi connectivity index (χ2n) is 10.4. The van der Waals surface area contributed by atoms with Gasteiger partial charge in [0.05, 0.1) is 11.3 Å². The molecule has 0 bridgehead atoms. The number of carboxylic acid groups (broad SMARTS) is 1. The molecule has 2 atom stereocenters. The summed E-state index contributed by atoms with van der Waals surface area (Å²) in [5, 5.41) is 9.28. The molecule has 37 heavy (non-hydrogen) atoms. The van der Waals surface area contributed by atoms with Gasteiger partial charge < -0.3 is 19.8 Å². The molecule has 5 rings (SSSR count). The molecule has 0 radical (unpaired) electrons. The van der Waals surface area contributed by atoms with Crippen molar-refractivity contribution in [1.29, 1.82) is 0 Å². The minimum absolute atomic E-state index is 0.197. The van der Waals surface area contributed by atoms with Gasteiger partial charge in [-0.15, -0.1) is 0 Å². The van der Waals surface area contributed by atoms with E-state index in [9.17, 15) is 14.3 Å². The average molecular weight is 504 g/mol. The highest BCUT2D eigenvalue weighted by molar-refractivity contribution is 5.87. The molecule has 1 N–H and O–H groups in total. The molecule has 4 heterocycles. The summed E-state index contributed by atoms with van der Waals surface area (Å²) >= 11 is 0. The number of piperazine rings is 1. The van der Waals surface area contributed by atoms with Crippen LogP contribution >= 0.6 is 0 Å². The highest BCUT2D eigenvalue weighted by Gasteiger charge is 2.28. The molecular formula is C29H34FN5O2. The van der Waals surface area contributed by atoms with Crippen LogP contribution in [0.3, 0.4) is 0 Å². The van der Waals surface area contributed by atoms with Crippen molar-refractivity contribution < 1.29 is 14.3 Å². The fraction of sp³-hybridized carbons (Fsp3) is 0.414. The maximum absolute atomic E-state index is 14.0. The number of carboxylic acids is 1. The molecule has 194 valence electrons. The van der Waals surface area contributed by atoms with E-state index in [0.29, 0.717) is 11.6 Å². The van der Waals surface area contributed by atoms with Crippen molar-refractivity contribution >= 4 is 23.3 Å². The fourth-order valence-electron chi connectivity index (χ4n) is 5.59. The number of aromatic carboxylic acids is 1. The Morgan fingerprint density at radius 3 is 2.46 bits per heavy atom. The van der Waals surface area contributed by atoms with Gasteiger partial charge in [0.1, 0.15) is 17.5 Å². The number of hydrogen-bond donors (Lipinski definition) is 1. The summed E-state index contributed by atoms with van der Waals surface area (Å²) in [5.74, 6) is 0.628. The third-order valence-corrected chi connectivity index (χ3v) is 7.65. The van der Waals surface area contributed by atoms with Gasteiger partial charge in [-0.05, 0) is 82.0 Å². The lowest BCUT2D eigenvalue weighted by atomic mass is 10.1. The number of nitrogens with zero attached hydrogens (tertiary/aromatic N) is 5. The number of aryl methyl sites for hydroxylation is 2. The zero-order chi connectivity index (χ0) is 26.3. The van der Waals surface area contributed by atoms with Crippen molar-refractivity contribution in [3.05, 3.63) is 65.1 Å². The van der Waals surface area contributed by atoms with Crippen LogP contribution < -0.4 is 14.7 Å². The number of aromatic nitrogens is 2. The van der Waals surface area contributed by atoms with E-state index in [1.165, 1.54) is 12.3 Å². The molecule has 2 aromatic heterocycles. The van der Waals surface area contributed by atoms with Crippen LogP contribution in [0.25, 0.3) is 11.3 Å². The van der Waals surface area contributed by atoms with Gasteiger partial charge in [-0.3, -0.25) is 0 Å². The van der Waals surface area contributed by atoms with E-state index >= 15 is 0 Å². The SMILES string of the molecule is Cc1cc(-c2cc(N3CCN(c4ncc(C(=O)O)cc4C)CC3C)cc(N3CCCC3C)n2)ccc1F. The van der Waals surface area contributed by atoms with Crippen LogP contribution in [0.1, 0.15) is 48.2 Å². The molecule has 2 fully saturated rings. The van der Waals surface area contributed by atoms with Gasteiger partial charge >= 0.3 is 5.97 Å². The van der Waals surface area contributed by atoms with Gasteiger partial charge in [-0.1, -0.05) is 0 Å². The maximum Gasteiger partial charge on any atom is 0.337 e. The molecule has 3 aromatic rings. The lowest BCUT2D eigenvalue weighted by Crippen LogP contribution is -2.52. The summed E-state index contributed by atoms with van der Waals surface area (Å²) in [5.41, 5.74) is 4.56. The second-order valence-corrected chi connectivity index (χ2v) is 10.4. The molecule has 1 aromatic carbocycles.